The zero-order valence-corrected chi connectivity index (χ0v) is 21.5. The molecule has 0 aliphatic rings. The minimum atomic E-state index is -1.27. The Hall–Kier alpha value is -3.73. The number of carbonyl (C=O) groups excluding carboxylic acids is 2. The van der Waals surface area contributed by atoms with Crippen molar-refractivity contribution in [3.63, 3.8) is 0 Å². The number of aliphatic hydroxyl groups is 1. The Morgan fingerprint density at radius 1 is 1.08 bits per heavy atom. The number of amides is 2. The zero-order valence-electron chi connectivity index (χ0n) is 21.5. The molecule has 0 bridgehead atoms. The van der Waals surface area contributed by atoms with Crippen molar-refractivity contribution in [2.75, 3.05) is 0 Å². The predicted octanol–water partition coefficient (Wildman–Crippen LogP) is 1.15. The lowest BCUT2D eigenvalue weighted by atomic mass is 10.0. The smallest absolute Gasteiger partial charge is 0.331 e. The van der Waals surface area contributed by atoms with Crippen molar-refractivity contribution in [2.45, 2.75) is 72.9 Å². The van der Waals surface area contributed by atoms with Crippen molar-refractivity contribution >= 4 is 17.5 Å². The van der Waals surface area contributed by atoms with Gasteiger partial charge in [0.05, 0.1) is 30.5 Å². The molecule has 0 saturated carbocycles. The SMILES string of the molecule is C/C(=N\OC(C)C)c1cn(CC(O)c2ccccc2C(N)=O)c(=O)n(C[C@H](C)NC(=O)C(C)C)c1=O. The van der Waals surface area contributed by atoms with E-state index < -0.39 is 29.3 Å². The van der Waals surface area contributed by atoms with E-state index in [0.717, 1.165) is 4.57 Å². The molecule has 11 nitrogen and oxygen atoms in total. The standard InChI is InChI=1S/C25H35N5O6/c1-14(2)23(33)27-16(5)11-30-24(34)20(17(6)28-36-15(3)4)12-29(25(30)35)13-21(31)18-9-7-8-10-19(18)22(26)32/h7-10,12,14-16,21,31H,11,13H2,1-6H3,(H2,26,32)(H,27,33)/b28-17+/t16-,21?/m0/s1. The molecule has 2 aromatic rings. The van der Waals surface area contributed by atoms with E-state index in [4.69, 9.17) is 10.6 Å². The summed E-state index contributed by atoms with van der Waals surface area (Å²) < 4.78 is 2.16. The van der Waals surface area contributed by atoms with E-state index in [1.54, 1.807) is 59.7 Å². The second-order valence-corrected chi connectivity index (χ2v) is 9.26. The molecule has 2 atom stereocenters. The lowest BCUT2D eigenvalue weighted by molar-refractivity contribution is -0.124. The molecule has 196 valence electrons. The van der Waals surface area contributed by atoms with Gasteiger partial charge in [-0.05, 0) is 39.3 Å². The Balaban J connectivity index is 2.57. The number of nitrogens with one attached hydrogen (secondary N) is 1. The third-order valence-electron chi connectivity index (χ3n) is 5.35. The van der Waals surface area contributed by atoms with E-state index >= 15 is 0 Å². The van der Waals surface area contributed by atoms with Crippen molar-refractivity contribution < 1.29 is 19.5 Å². The fourth-order valence-corrected chi connectivity index (χ4v) is 3.45. The van der Waals surface area contributed by atoms with Gasteiger partial charge in [-0.3, -0.25) is 23.5 Å². The van der Waals surface area contributed by atoms with Crippen molar-refractivity contribution in [3.8, 4) is 0 Å². The number of hydrogen-bond acceptors (Lipinski definition) is 7. The Morgan fingerprint density at radius 2 is 1.72 bits per heavy atom. The molecular formula is C25H35N5O6. The third kappa shape index (κ3) is 7.14. The van der Waals surface area contributed by atoms with Gasteiger partial charge in [0.15, 0.2) is 0 Å². The van der Waals surface area contributed by atoms with Gasteiger partial charge in [0.2, 0.25) is 11.8 Å². The molecule has 4 N–H and O–H groups in total. The number of oxime groups is 1. The average Bonchev–Trinajstić information content (AvgIpc) is 2.81. The van der Waals surface area contributed by atoms with Crippen molar-refractivity contribution in [2.24, 2.45) is 16.8 Å². The van der Waals surface area contributed by atoms with E-state index in [2.05, 4.69) is 10.5 Å². The average molecular weight is 502 g/mol. The van der Waals surface area contributed by atoms with Gasteiger partial charge in [0, 0.05) is 23.7 Å². The summed E-state index contributed by atoms with van der Waals surface area (Å²) in [6, 6.07) is 5.74. The van der Waals surface area contributed by atoms with Crippen LogP contribution < -0.4 is 22.3 Å². The first-order valence-corrected chi connectivity index (χ1v) is 11.8. The summed E-state index contributed by atoms with van der Waals surface area (Å²) in [6.07, 6.45) is -0.198. The van der Waals surface area contributed by atoms with Crippen LogP contribution in [0.25, 0.3) is 0 Å². The zero-order chi connectivity index (χ0) is 27.2. The largest absolute Gasteiger partial charge is 0.393 e. The van der Waals surface area contributed by atoms with Gasteiger partial charge in [-0.15, -0.1) is 0 Å². The molecule has 2 rings (SSSR count). The van der Waals surface area contributed by atoms with E-state index in [0.29, 0.717) is 0 Å². The number of nitrogens with zero attached hydrogens (tertiary/aromatic N) is 3. The summed E-state index contributed by atoms with van der Waals surface area (Å²) in [4.78, 5) is 55.8. The van der Waals surface area contributed by atoms with Crippen LogP contribution in [0.1, 0.15) is 69.1 Å². The van der Waals surface area contributed by atoms with Crippen LogP contribution in [0.4, 0.5) is 0 Å². The minimum absolute atomic E-state index is 0.0908. The molecule has 1 unspecified atom stereocenters. The molecule has 0 fully saturated rings. The van der Waals surface area contributed by atoms with Crippen molar-refractivity contribution in [1.82, 2.24) is 14.5 Å². The van der Waals surface area contributed by atoms with E-state index in [-0.39, 0.29) is 53.4 Å². The lowest BCUT2D eigenvalue weighted by Gasteiger charge is -2.20. The van der Waals surface area contributed by atoms with E-state index in [1.165, 1.54) is 16.8 Å². The first-order valence-electron chi connectivity index (χ1n) is 11.8. The number of benzene rings is 1. The summed E-state index contributed by atoms with van der Waals surface area (Å²) in [7, 11) is 0. The summed E-state index contributed by atoms with van der Waals surface area (Å²) in [5, 5.41) is 17.7. The van der Waals surface area contributed by atoms with Gasteiger partial charge < -0.3 is 21.0 Å². The second kappa shape index (κ2) is 12.3. The molecule has 0 saturated heterocycles. The predicted molar refractivity (Wildman–Crippen MR) is 136 cm³/mol. The fourth-order valence-electron chi connectivity index (χ4n) is 3.45. The molecule has 11 heteroatoms. The summed E-state index contributed by atoms with van der Waals surface area (Å²) in [5.41, 5.74) is 4.83. The normalized spacial score (nSPS) is 13.5. The maximum Gasteiger partial charge on any atom is 0.331 e. The highest BCUT2D eigenvalue weighted by atomic mass is 16.6. The Bertz CT molecular complexity index is 1240. The highest BCUT2D eigenvalue weighted by Crippen LogP contribution is 2.19. The molecule has 2 amide bonds. The minimum Gasteiger partial charge on any atom is -0.393 e. The molecule has 0 radical (unpaired) electrons. The van der Waals surface area contributed by atoms with Crippen LogP contribution in [0, 0.1) is 5.92 Å². The van der Waals surface area contributed by atoms with Crippen LogP contribution in [0.3, 0.4) is 0 Å². The lowest BCUT2D eigenvalue weighted by Crippen LogP contribution is -2.48. The van der Waals surface area contributed by atoms with Gasteiger partial charge in [-0.25, -0.2) is 4.79 Å². The summed E-state index contributed by atoms with van der Waals surface area (Å²) in [5.74, 6) is -1.20. The maximum atomic E-state index is 13.3. The highest BCUT2D eigenvalue weighted by molar-refractivity contribution is 5.97. The number of primary amides is 1. The highest BCUT2D eigenvalue weighted by Gasteiger charge is 2.21. The molecule has 0 spiro atoms. The van der Waals surface area contributed by atoms with Gasteiger partial charge >= 0.3 is 5.69 Å². The maximum absolute atomic E-state index is 13.3. The molecule has 1 heterocycles. The van der Waals surface area contributed by atoms with Crippen molar-refractivity contribution in [3.05, 3.63) is 68.0 Å². The third-order valence-corrected chi connectivity index (χ3v) is 5.35. The summed E-state index contributed by atoms with van der Waals surface area (Å²) in [6.45, 7) is 9.93. The Labute approximate surface area is 209 Å². The first-order chi connectivity index (χ1) is 16.8. The Kier molecular flexibility index (Phi) is 9.74. The number of hydrogen-bond donors (Lipinski definition) is 3. The van der Waals surface area contributed by atoms with Crippen LogP contribution in [-0.4, -0.2) is 43.9 Å². The van der Waals surface area contributed by atoms with E-state index in [9.17, 15) is 24.3 Å². The number of aromatic nitrogens is 2. The van der Waals surface area contributed by atoms with Crippen LogP contribution >= 0.6 is 0 Å². The second-order valence-electron chi connectivity index (χ2n) is 9.26. The monoisotopic (exact) mass is 501 g/mol. The van der Waals surface area contributed by atoms with Gasteiger partial charge in [0.25, 0.3) is 5.56 Å². The number of carbonyl (C=O) groups is 2. The van der Waals surface area contributed by atoms with Gasteiger partial charge in [-0.2, -0.15) is 0 Å². The molecule has 0 aliphatic heterocycles. The quantitative estimate of drug-likeness (QED) is 0.310. The topological polar surface area (TPSA) is 158 Å². The van der Waals surface area contributed by atoms with Crippen LogP contribution in [0.5, 0.6) is 0 Å². The fraction of sp³-hybridized carbons (Fsp3) is 0.480. The molecule has 1 aromatic carbocycles. The van der Waals surface area contributed by atoms with Crippen molar-refractivity contribution in [1.29, 1.82) is 0 Å². The molecule has 0 aliphatic carbocycles. The van der Waals surface area contributed by atoms with E-state index in [1.807, 2.05) is 0 Å². The van der Waals surface area contributed by atoms with Crippen LogP contribution in [0.2, 0.25) is 0 Å². The van der Waals surface area contributed by atoms with Gasteiger partial charge in [0.1, 0.15) is 6.10 Å². The van der Waals surface area contributed by atoms with Crippen LogP contribution in [0.15, 0.2) is 45.2 Å². The Morgan fingerprint density at radius 3 is 2.31 bits per heavy atom. The van der Waals surface area contributed by atoms with Crippen LogP contribution in [-0.2, 0) is 22.7 Å². The number of aliphatic hydroxyl groups excluding tert-OH is 1. The number of nitrogens with two attached hydrogens (primary N) is 1. The van der Waals surface area contributed by atoms with Gasteiger partial charge in [-0.1, -0.05) is 37.2 Å². The molecule has 36 heavy (non-hydrogen) atoms. The first kappa shape index (κ1) is 28.5. The summed E-state index contributed by atoms with van der Waals surface area (Å²) >= 11 is 0. The number of rotatable bonds is 11. The molecule has 1 aromatic heterocycles. The molecular weight excluding hydrogens is 466 g/mol.